The van der Waals surface area contributed by atoms with Gasteiger partial charge in [0.15, 0.2) is 0 Å². The maximum atomic E-state index is 12.5. The largest absolute Gasteiger partial charge is 0.491 e. The molecule has 0 radical (unpaired) electrons. The molecule has 0 N–H and O–H groups in total. The number of benzene rings is 4. The van der Waals surface area contributed by atoms with Crippen LogP contribution in [0.5, 0.6) is 5.75 Å². The molecule has 1 atom stereocenters. The van der Waals surface area contributed by atoms with Gasteiger partial charge >= 0.3 is 5.97 Å². The second-order valence-corrected chi connectivity index (χ2v) is 9.68. The Morgan fingerprint density at radius 1 is 0.838 bits per heavy atom. The zero-order chi connectivity index (χ0) is 25.6. The van der Waals surface area contributed by atoms with Crippen molar-refractivity contribution in [2.24, 2.45) is 0 Å². The summed E-state index contributed by atoms with van der Waals surface area (Å²) in [6, 6.07) is 30.7. The topological polar surface area (TPSA) is 42.0 Å². The quantitative estimate of drug-likeness (QED) is 0.267. The molecule has 1 aliphatic rings. The molecule has 4 aromatic rings. The van der Waals surface area contributed by atoms with E-state index in [1.165, 1.54) is 18.2 Å². The first-order chi connectivity index (χ1) is 18.1. The Hall–Kier alpha value is -3.38. The van der Waals surface area contributed by atoms with Crippen molar-refractivity contribution in [3.05, 3.63) is 113 Å². The number of ether oxygens (including phenoxy) is 2. The number of fused-ring (bicyclic) bond motifs is 1. The van der Waals surface area contributed by atoms with E-state index in [0.717, 1.165) is 48.5 Å². The molecular weight excluding hydrogens is 484 g/mol. The minimum atomic E-state index is -0.380. The highest BCUT2D eigenvalue weighted by Crippen LogP contribution is 2.31. The Bertz CT molecular complexity index is 1340. The highest BCUT2D eigenvalue weighted by molar-refractivity contribution is 6.30. The minimum absolute atomic E-state index is 0.192. The number of hydrogen-bond acceptors (Lipinski definition) is 5. The minimum Gasteiger partial charge on any atom is -0.491 e. The Morgan fingerprint density at radius 3 is 2.24 bits per heavy atom. The SMILES string of the molecule is COC(=O)c1c(OCCN2CCN(C(c3ccccc3)c3ccc(Cl)cc3)CC2)ccc2ccccc12. The standard InChI is InChI=1S/C31H31ClN2O3/c1-36-31(35)29-27-10-6-5-7-23(27)13-16-28(29)37-22-21-33-17-19-34(20-18-33)30(24-8-3-2-4-9-24)25-11-14-26(32)15-12-25/h2-16,30H,17-22H2,1H3. The number of piperazine rings is 1. The third-order valence-corrected chi connectivity index (χ3v) is 7.27. The van der Waals surface area contributed by atoms with Crippen molar-refractivity contribution in [3.8, 4) is 5.75 Å². The molecule has 0 spiro atoms. The number of rotatable bonds is 8. The fourth-order valence-corrected chi connectivity index (χ4v) is 5.23. The zero-order valence-corrected chi connectivity index (χ0v) is 21.7. The van der Waals surface area contributed by atoms with Gasteiger partial charge in [0.2, 0.25) is 0 Å². The van der Waals surface area contributed by atoms with Crippen molar-refractivity contribution >= 4 is 28.3 Å². The number of halogens is 1. The molecule has 6 heteroatoms. The fourth-order valence-electron chi connectivity index (χ4n) is 5.11. The van der Waals surface area contributed by atoms with Crippen LogP contribution in [0.2, 0.25) is 5.02 Å². The first-order valence-electron chi connectivity index (χ1n) is 12.6. The van der Waals surface area contributed by atoms with Crippen LogP contribution in [0.3, 0.4) is 0 Å². The van der Waals surface area contributed by atoms with Crippen LogP contribution < -0.4 is 4.74 Å². The van der Waals surface area contributed by atoms with E-state index in [0.29, 0.717) is 17.9 Å². The number of hydrogen-bond donors (Lipinski definition) is 0. The lowest BCUT2D eigenvalue weighted by Crippen LogP contribution is -2.48. The van der Waals surface area contributed by atoms with E-state index in [-0.39, 0.29) is 12.0 Å². The van der Waals surface area contributed by atoms with E-state index in [1.807, 2.05) is 48.5 Å². The van der Waals surface area contributed by atoms with Crippen LogP contribution in [0.25, 0.3) is 10.8 Å². The highest BCUT2D eigenvalue weighted by atomic mass is 35.5. The molecule has 1 fully saturated rings. The van der Waals surface area contributed by atoms with E-state index in [9.17, 15) is 4.79 Å². The molecule has 0 aromatic heterocycles. The van der Waals surface area contributed by atoms with Gasteiger partial charge in [-0.2, -0.15) is 0 Å². The van der Waals surface area contributed by atoms with Gasteiger partial charge in [0.1, 0.15) is 17.9 Å². The van der Waals surface area contributed by atoms with E-state index in [2.05, 4.69) is 52.3 Å². The molecule has 5 rings (SSSR count). The summed E-state index contributed by atoms with van der Waals surface area (Å²) >= 11 is 6.17. The molecule has 0 bridgehead atoms. The van der Waals surface area contributed by atoms with Crippen LogP contribution >= 0.6 is 11.6 Å². The van der Waals surface area contributed by atoms with Gasteiger partial charge in [0, 0.05) is 37.7 Å². The van der Waals surface area contributed by atoms with Crippen molar-refractivity contribution in [3.63, 3.8) is 0 Å². The second-order valence-electron chi connectivity index (χ2n) is 9.24. The summed E-state index contributed by atoms with van der Waals surface area (Å²) in [4.78, 5) is 17.5. The van der Waals surface area contributed by atoms with Crippen molar-refractivity contribution in [2.75, 3.05) is 46.4 Å². The van der Waals surface area contributed by atoms with Gasteiger partial charge < -0.3 is 9.47 Å². The smallest absolute Gasteiger partial charge is 0.342 e. The van der Waals surface area contributed by atoms with Crippen molar-refractivity contribution in [1.82, 2.24) is 9.80 Å². The van der Waals surface area contributed by atoms with Crippen LogP contribution in [-0.4, -0.2) is 62.2 Å². The van der Waals surface area contributed by atoms with Crippen LogP contribution in [0.1, 0.15) is 27.5 Å². The maximum absolute atomic E-state index is 12.5. The fraction of sp³-hybridized carbons (Fsp3) is 0.258. The summed E-state index contributed by atoms with van der Waals surface area (Å²) < 4.78 is 11.2. The number of carbonyl (C=O) groups excluding carboxylic acids is 1. The third kappa shape index (κ3) is 5.80. The predicted molar refractivity (Wildman–Crippen MR) is 149 cm³/mol. The van der Waals surface area contributed by atoms with Gasteiger partial charge in [0.05, 0.1) is 13.2 Å². The molecule has 1 aliphatic heterocycles. The Morgan fingerprint density at radius 2 is 1.51 bits per heavy atom. The van der Waals surface area contributed by atoms with Gasteiger partial charge in [-0.15, -0.1) is 0 Å². The average molecular weight is 515 g/mol. The van der Waals surface area contributed by atoms with Crippen molar-refractivity contribution in [1.29, 1.82) is 0 Å². The first-order valence-corrected chi connectivity index (χ1v) is 13.0. The third-order valence-electron chi connectivity index (χ3n) is 7.02. The summed E-state index contributed by atoms with van der Waals surface area (Å²) in [5.74, 6) is 0.186. The maximum Gasteiger partial charge on any atom is 0.342 e. The normalized spacial score (nSPS) is 15.4. The molecule has 1 saturated heterocycles. The molecule has 4 aromatic carbocycles. The van der Waals surface area contributed by atoms with Crippen molar-refractivity contribution in [2.45, 2.75) is 6.04 Å². The number of esters is 1. The Labute approximate surface area is 223 Å². The molecule has 1 unspecified atom stereocenters. The monoisotopic (exact) mass is 514 g/mol. The van der Waals surface area contributed by atoms with Gasteiger partial charge in [-0.05, 0) is 40.1 Å². The molecule has 190 valence electrons. The number of carbonyl (C=O) groups is 1. The number of methoxy groups -OCH3 is 1. The van der Waals surface area contributed by atoms with Crippen LogP contribution in [0.15, 0.2) is 91.0 Å². The molecule has 5 nitrogen and oxygen atoms in total. The van der Waals surface area contributed by atoms with Gasteiger partial charge in [-0.3, -0.25) is 9.80 Å². The first kappa shape index (κ1) is 25.3. The molecule has 0 saturated carbocycles. The summed E-state index contributed by atoms with van der Waals surface area (Å²) in [7, 11) is 1.40. The summed E-state index contributed by atoms with van der Waals surface area (Å²) in [5, 5.41) is 2.58. The van der Waals surface area contributed by atoms with E-state index >= 15 is 0 Å². The average Bonchev–Trinajstić information content (AvgIpc) is 2.95. The van der Waals surface area contributed by atoms with Crippen molar-refractivity contribution < 1.29 is 14.3 Å². The lowest BCUT2D eigenvalue weighted by molar-refractivity contribution is 0.0596. The van der Waals surface area contributed by atoms with Crippen LogP contribution in [0.4, 0.5) is 0 Å². The number of nitrogens with zero attached hydrogens (tertiary/aromatic N) is 2. The van der Waals surface area contributed by atoms with Gasteiger partial charge in [-0.1, -0.05) is 84.4 Å². The predicted octanol–water partition coefficient (Wildman–Crippen LogP) is 6.07. The van der Waals surface area contributed by atoms with E-state index in [1.54, 1.807) is 0 Å². The van der Waals surface area contributed by atoms with E-state index < -0.39 is 0 Å². The lowest BCUT2D eigenvalue weighted by Gasteiger charge is -2.39. The summed E-state index contributed by atoms with van der Waals surface area (Å²) in [6.07, 6.45) is 0. The molecule has 0 amide bonds. The Balaban J connectivity index is 1.23. The van der Waals surface area contributed by atoms with Gasteiger partial charge in [-0.25, -0.2) is 4.79 Å². The highest BCUT2D eigenvalue weighted by Gasteiger charge is 2.26. The van der Waals surface area contributed by atoms with Crippen LogP contribution in [-0.2, 0) is 4.74 Å². The summed E-state index contributed by atoms with van der Waals surface area (Å²) in [6.45, 7) is 5.08. The van der Waals surface area contributed by atoms with Crippen LogP contribution in [0, 0.1) is 0 Å². The summed E-state index contributed by atoms with van der Waals surface area (Å²) in [5.41, 5.74) is 3.02. The molecular formula is C31H31ClN2O3. The lowest BCUT2D eigenvalue weighted by atomic mass is 9.96. The molecule has 1 heterocycles. The Kier molecular flexibility index (Phi) is 8.05. The molecule has 37 heavy (non-hydrogen) atoms. The molecule has 0 aliphatic carbocycles. The zero-order valence-electron chi connectivity index (χ0n) is 21.0. The van der Waals surface area contributed by atoms with E-state index in [4.69, 9.17) is 21.1 Å². The van der Waals surface area contributed by atoms with Gasteiger partial charge in [0.25, 0.3) is 0 Å². The second kappa shape index (κ2) is 11.8.